The Bertz CT molecular complexity index is 375. The smallest absolute Gasteiger partial charge is 0.239 e. The predicted octanol–water partition coefficient (Wildman–Crippen LogP) is -0.346. The fourth-order valence-electron chi connectivity index (χ4n) is 2.19. The van der Waals surface area contributed by atoms with Gasteiger partial charge in [0.05, 0.1) is 12.3 Å². The number of rotatable bonds is 5. The third kappa shape index (κ3) is 4.91. The molecule has 18 heavy (non-hydrogen) atoms. The van der Waals surface area contributed by atoms with Crippen molar-refractivity contribution in [2.45, 2.75) is 44.7 Å². The molecule has 0 saturated carbocycles. The van der Waals surface area contributed by atoms with E-state index in [1.807, 2.05) is 6.92 Å². The number of carbonyl (C=O) groups is 1. The molecule has 0 aromatic rings. The van der Waals surface area contributed by atoms with E-state index in [4.69, 9.17) is 5.73 Å². The van der Waals surface area contributed by atoms with Gasteiger partial charge in [-0.3, -0.25) is 4.79 Å². The molecule has 1 rings (SSSR count). The Balaban J connectivity index is 2.42. The quantitative estimate of drug-likeness (QED) is 0.718. The number of amides is 1. The van der Waals surface area contributed by atoms with Crippen molar-refractivity contribution in [1.29, 1.82) is 0 Å². The molecule has 1 fully saturated rings. The second-order valence-corrected chi connectivity index (χ2v) is 6.66. The van der Waals surface area contributed by atoms with Crippen molar-refractivity contribution in [3.05, 3.63) is 0 Å². The fraction of sp³-hybridized carbons (Fsp3) is 0.909. The Kier molecular flexibility index (Phi) is 5.55. The molecule has 1 amide bonds. The molecule has 0 spiro atoms. The maximum Gasteiger partial charge on any atom is 0.239 e. The van der Waals surface area contributed by atoms with Gasteiger partial charge in [0.15, 0.2) is 0 Å². The molecule has 106 valence electrons. The molecule has 0 radical (unpaired) electrons. The number of nitrogens with one attached hydrogen (secondary N) is 1. The van der Waals surface area contributed by atoms with Gasteiger partial charge in [-0.25, -0.2) is 13.1 Å². The Morgan fingerprint density at radius 1 is 1.44 bits per heavy atom. The van der Waals surface area contributed by atoms with Crippen LogP contribution in [0.25, 0.3) is 0 Å². The van der Waals surface area contributed by atoms with E-state index >= 15 is 0 Å². The van der Waals surface area contributed by atoms with Crippen molar-refractivity contribution < 1.29 is 13.2 Å². The highest BCUT2D eigenvalue weighted by Gasteiger charge is 2.26. The van der Waals surface area contributed by atoms with Gasteiger partial charge in [-0.2, -0.15) is 0 Å². The first kappa shape index (κ1) is 15.4. The molecule has 6 nitrogen and oxygen atoms in total. The summed E-state index contributed by atoms with van der Waals surface area (Å²) in [5.41, 5.74) is 5.79. The highest BCUT2D eigenvalue weighted by atomic mass is 32.2. The van der Waals surface area contributed by atoms with Gasteiger partial charge in [0.25, 0.3) is 0 Å². The van der Waals surface area contributed by atoms with Crippen LogP contribution >= 0.6 is 0 Å². The van der Waals surface area contributed by atoms with Crippen LogP contribution in [0.5, 0.6) is 0 Å². The van der Waals surface area contributed by atoms with E-state index in [9.17, 15) is 13.2 Å². The third-order valence-corrected chi connectivity index (χ3v) is 3.87. The zero-order chi connectivity index (χ0) is 13.8. The van der Waals surface area contributed by atoms with Crippen LogP contribution in [-0.2, 0) is 14.8 Å². The lowest BCUT2D eigenvalue weighted by Gasteiger charge is -2.33. The molecular formula is C11H23N3O3S. The molecule has 7 heteroatoms. The topological polar surface area (TPSA) is 92.5 Å². The Morgan fingerprint density at radius 2 is 2.00 bits per heavy atom. The molecule has 1 saturated heterocycles. The maximum absolute atomic E-state index is 11.9. The first-order chi connectivity index (χ1) is 8.33. The maximum atomic E-state index is 11.9. The number of piperidine rings is 1. The Labute approximate surface area is 109 Å². The van der Waals surface area contributed by atoms with E-state index in [2.05, 4.69) is 4.72 Å². The van der Waals surface area contributed by atoms with Gasteiger partial charge in [-0.05, 0) is 19.3 Å². The molecule has 0 unspecified atom stereocenters. The molecule has 0 aromatic heterocycles. The minimum absolute atomic E-state index is 0.0188. The van der Waals surface area contributed by atoms with Gasteiger partial charge < -0.3 is 10.6 Å². The highest BCUT2D eigenvalue weighted by molar-refractivity contribution is 7.88. The van der Waals surface area contributed by atoms with E-state index in [0.29, 0.717) is 32.4 Å². The largest absolute Gasteiger partial charge is 0.341 e. The molecule has 1 aliphatic rings. The van der Waals surface area contributed by atoms with Gasteiger partial charge in [0, 0.05) is 19.1 Å². The zero-order valence-electron chi connectivity index (χ0n) is 11.1. The van der Waals surface area contributed by atoms with E-state index in [-0.39, 0.29) is 11.9 Å². The third-order valence-electron chi connectivity index (χ3n) is 3.10. The zero-order valence-corrected chi connectivity index (χ0v) is 11.9. The van der Waals surface area contributed by atoms with Crippen LogP contribution in [0.2, 0.25) is 0 Å². The minimum Gasteiger partial charge on any atom is -0.341 e. The summed E-state index contributed by atoms with van der Waals surface area (Å²) in [6.45, 7) is 3.14. The summed E-state index contributed by atoms with van der Waals surface area (Å²) in [4.78, 5) is 13.7. The molecule has 1 atom stereocenters. The van der Waals surface area contributed by atoms with Crippen molar-refractivity contribution in [2.24, 2.45) is 5.73 Å². The van der Waals surface area contributed by atoms with Crippen LogP contribution in [-0.4, -0.2) is 50.7 Å². The number of sulfonamides is 1. The van der Waals surface area contributed by atoms with Gasteiger partial charge in [0.2, 0.25) is 15.9 Å². The minimum atomic E-state index is -3.16. The number of hydrogen-bond acceptors (Lipinski definition) is 4. The van der Waals surface area contributed by atoms with Crippen LogP contribution in [0.15, 0.2) is 0 Å². The molecule has 1 heterocycles. The summed E-state index contributed by atoms with van der Waals surface area (Å²) in [7, 11) is -3.16. The van der Waals surface area contributed by atoms with Crippen molar-refractivity contribution in [1.82, 2.24) is 9.62 Å². The van der Waals surface area contributed by atoms with Crippen molar-refractivity contribution >= 4 is 15.9 Å². The second kappa shape index (κ2) is 6.49. The summed E-state index contributed by atoms with van der Waals surface area (Å²) in [5.74, 6) is -0.0188. The predicted molar refractivity (Wildman–Crippen MR) is 70.5 cm³/mol. The van der Waals surface area contributed by atoms with Gasteiger partial charge in [-0.1, -0.05) is 13.3 Å². The first-order valence-electron chi connectivity index (χ1n) is 6.35. The van der Waals surface area contributed by atoms with Crippen molar-refractivity contribution in [3.8, 4) is 0 Å². The Hall–Kier alpha value is -0.660. The fourth-order valence-corrected chi connectivity index (χ4v) is 3.03. The number of carbonyl (C=O) groups excluding carboxylic acids is 1. The molecule has 0 aliphatic carbocycles. The monoisotopic (exact) mass is 277 g/mol. The summed E-state index contributed by atoms with van der Waals surface area (Å²) in [6, 6.07) is -0.485. The van der Waals surface area contributed by atoms with Crippen molar-refractivity contribution in [2.75, 3.05) is 19.3 Å². The lowest BCUT2D eigenvalue weighted by molar-refractivity contribution is -0.133. The van der Waals surface area contributed by atoms with E-state index in [0.717, 1.165) is 12.7 Å². The number of nitrogens with two attached hydrogens (primary N) is 1. The average molecular weight is 277 g/mol. The van der Waals surface area contributed by atoms with E-state index < -0.39 is 16.1 Å². The lowest BCUT2D eigenvalue weighted by atomic mass is 10.0. The van der Waals surface area contributed by atoms with Crippen LogP contribution < -0.4 is 10.5 Å². The summed E-state index contributed by atoms with van der Waals surface area (Å²) < 4.78 is 24.8. The highest BCUT2D eigenvalue weighted by Crippen LogP contribution is 2.12. The Morgan fingerprint density at radius 3 is 2.44 bits per heavy atom. The van der Waals surface area contributed by atoms with Crippen LogP contribution in [0.1, 0.15) is 32.6 Å². The summed E-state index contributed by atoms with van der Waals surface area (Å²) in [6.07, 6.45) is 4.04. The van der Waals surface area contributed by atoms with Gasteiger partial charge >= 0.3 is 0 Å². The molecule has 0 aromatic carbocycles. The van der Waals surface area contributed by atoms with Gasteiger partial charge in [-0.15, -0.1) is 0 Å². The van der Waals surface area contributed by atoms with Crippen LogP contribution in [0.3, 0.4) is 0 Å². The molecule has 3 N–H and O–H groups in total. The summed E-state index contributed by atoms with van der Waals surface area (Å²) in [5, 5.41) is 0. The molecular weight excluding hydrogens is 254 g/mol. The number of likely N-dealkylation sites (tertiary alicyclic amines) is 1. The average Bonchev–Trinajstić information content (AvgIpc) is 2.27. The molecule has 0 bridgehead atoms. The van der Waals surface area contributed by atoms with Crippen LogP contribution in [0, 0.1) is 0 Å². The number of nitrogens with zero attached hydrogens (tertiary/aromatic N) is 1. The van der Waals surface area contributed by atoms with E-state index in [1.54, 1.807) is 4.90 Å². The number of hydrogen-bond donors (Lipinski definition) is 2. The molecule has 1 aliphatic heterocycles. The standard InChI is InChI=1S/C11H23N3O3S/c1-3-4-10(12)11(15)14-7-5-9(6-8-14)13-18(2,16)17/h9-10,13H,3-8,12H2,1-2H3/t10-/m1/s1. The van der Waals surface area contributed by atoms with E-state index in [1.165, 1.54) is 0 Å². The lowest BCUT2D eigenvalue weighted by Crippen LogP contribution is -2.50. The second-order valence-electron chi connectivity index (χ2n) is 4.88. The SMILES string of the molecule is CCC[C@@H](N)C(=O)N1CCC(NS(C)(=O)=O)CC1. The van der Waals surface area contributed by atoms with Crippen molar-refractivity contribution in [3.63, 3.8) is 0 Å². The first-order valence-corrected chi connectivity index (χ1v) is 8.24. The normalized spacial score (nSPS) is 19.8. The van der Waals surface area contributed by atoms with Gasteiger partial charge in [0.1, 0.15) is 0 Å². The van der Waals surface area contributed by atoms with Crippen LogP contribution in [0.4, 0.5) is 0 Å². The summed E-state index contributed by atoms with van der Waals surface area (Å²) >= 11 is 0.